The van der Waals surface area contributed by atoms with Crippen molar-refractivity contribution in [1.29, 1.82) is 0 Å². The number of amides is 2. The van der Waals surface area contributed by atoms with Gasteiger partial charge < -0.3 is 9.80 Å². The summed E-state index contributed by atoms with van der Waals surface area (Å²) < 4.78 is 0. The Bertz CT molecular complexity index is 182. The highest BCUT2D eigenvalue weighted by molar-refractivity contribution is 5.74. The number of hydrogen-bond donors (Lipinski definition) is 0. The molecule has 1 fully saturated rings. The standard InChI is InChI=1S/C11H22N2O/c1-3-4-5-6-9-13-10-7-8-12(2)11(13)14/h3-10H2,1-2H3. The molecular weight excluding hydrogens is 176 g/mol. The van der Waals surface area contributed by atoms with Gasteiger partial charge in [-0.25, -0.2) is 4.79 Å². The van der Waals surface area contributed by atoms with Crippen molar-refractivity contribution in [3.05, 3.63) is 0 Å². The van der Waals surface area contributed by atoms with E-state index >= 15 is 0 Å². The van der Waals surface area contributed by atoms with E-state index < -0.39 is 0 Å². The molecule has 3 heteroatoms. The average molecular weight is 198 g/mol. The van der Waals surface area contributed by atoms with E-state index in [1.807, 2.05) is 16.8 Å². The van der Waals surface area contributed by atoms with Crippen LogP contribution in [0.25, 0.3) is 0 Å². The van der Waals surface area contributed by atoms with Crippen LogP contribution in [-0.4, -0.2) is 42.5 Å². The molecule has 2 amide bonds. The summed E-state index contributed by atoms with van der Waals surface area (Å²) in [4.78, 5) is 15.4. The van der Waals surface area contributed by atoms with E-state index in [1.165, 1.54) is 19.3 Å². The molecule has 0 spiro atoms. The molecule has 0 aliphatic carbocycles. The Morgan fingerprint density at radius 1 is 1.21 bits per heavy atom. The van der Waals surface area contributed by atoms with E-state index in [9.17, 15) is 4.79 Å². The molecule has 0 saturated carbocycles. The third-order valence-corrected chi connectivity index (χ3v) is 2.80. The van der Waals surface area contributed by atoms with Crippen LogP contribution in [0.15, 0.2) is 0 Å². The van der Waals surface area contributed by atoms with Crippen LogP contribution in [0.5, 0.6) is 0 Å². The predicted octanol–water partition coefficient (Wildman–Crippen LogP) is 2.32. The number of carbonyl (C=O) groups is 1. The fraction of sp³-hybridized carbons (Fsp3) is 0.909. The van der Waals surface area contributed by atoms with Crippen LogP contribution in [0.3, 0.4) is 0 Å². The summed E-state index contributed by atoms with van der Waals surface area (Å²) in [6.45, 7) is 5.03. The summed E-state index contributed by atoms with van der Waals surface area (Å²) in [6.07, 6.45) is 6.08. The molecule has 0 N–H and O–H groups in total. The summed E-state index contributed by atoms with van der Waals surface area (Å²) in [7, 11) is 1.89. The first kappa shape index (κ1) is 11.3. The van der Waals surface area contributed by atoms with Crippen LogP contribution in [0.1, 0.15) is 39.0 Å². The van der Waals surface area contributed by atoms with Gasteiger partial charge in [0, 0.05) is 26.7 Å². The van der Waals surface area contributed by atoms with Gasteiger partial charge >= 0.3 is 6.03 Å². The van der Waals surface area contributed by atoms with Gasteiger partial charge in [0.25, 0.3) is 0 Å². The molecule has 0 aromatic heterocycles. The van der Waals surface area contributed by atoms with Crippen molar-refractivity contribution in [3.8, 4) is 0 Å². The Balaban J connectivity index is 2.19. The lowest BCUT2D eigenvalue weighted by atomic mass is 10.2. The fourth-order valence-corrected chi connectivity index (χ4v) is 1.87. The van der Waals surface area contributed by atoms with Crippen molar-refractivity contribution < 1.29 is 4.79 Å². The minimum atomic E-state index is 0.216. The molecule has 3 nitrogen and oxygen atoms in total. The van der Waals surface area contributed by atoms with Gasteiger partial charge in [0.15, 0.2) is 0 Å². The SMILES string of the molecule is CCCCCCN1CCCN(C)C1=O. The molecule has 1 saturated heterocycles. The Hall–Kier alpha value is -0.730. The van der Waals surface area contributed by atoms with Crippen LogP contribution in [0.4, 0.5) is 4.79 Å². The van der Waals surface area contributed by atoms with Crippen molar-refractivity contribution in [2.24, 2.45) is 0 Å². The zero-order chi connectivity index (χ0) is 10.4. The van der Waals surface area contributed by atoms with Gasteiger partial charge in [-0.1, -0.05) is 26.2 Å². The van der Waals surface area contributed by atoms with Crippen LogP contribution < -0.4 is 0 Å². The van der Waals surface area contributed by atoms with E-state index in [-0.39, 0.29) is 6.03 Å². The second kappa shape index (κ2) is 5.89. The van der Waals surface area contributed by atoms with Gasteiger partial charge in [-0.2, -0.15) is 0 Å². The molecule has 1 rings (SSSR count). The summed E-state index contributed by atoms with van der Waals surface area (Å²) in [6, 6.07) is 0.216. The molecule has 0 bridgehead atoms. The summed E-state index contributed by atoms with van der Waals surface area (Å²) in [5.41, 5.74) is 0. The normalized spacial score (nSPS) is 17.7. The van der Waals surface area contributed by atoms with E-state index in [2.05, 4.69) is 6.92 Å². The van der Waals surface area contributed by atoms with E-state index in [0.29, 0.717) is 0 Å². The van der Waals surface area contributed by atoms with Crippen LogP contribution in [-0.2, 0) is 0 Å². The Morgan fingerprint density at radius 2 is 2.00 bits per heavy atom. The molecule has 1 aliphatic rings. The molecule has 82 valence electrons. The zero-order valence-electron chi connectivity index (χ0n) is 9.46. The molecule has 14 heavy (non-hydrogen) atoms. The van der Waals surface area contributed by atoms with Gasteiger partial charge in [-0.3, -0.25) is 0 Å². The van der Waals surface area contributed by atoms with Crippen molar-refractivity contribution >= 4 is 6.03 Å². The highest BCUT2D eigenvalue weighted by Crippen LogP contribution is 2.09. The maximum atomic E-state index is 11.6. The second-order valence-electron chi connectivity index (χ2n) is 4.11. The monoisotopic (exact) mass is 198 g/mol. The number of rotatable bonds is 5. The third-order valence-electron chi connectivity index (χ3n) is 2.80. The summed E-state index contributed by atoms with van der Waals surface area (Å²) >= 11 is 0. The van der Waals surface area contributed by atoms with Crippen molar-refractivity contribution in [3.63, 3.8) is 0 Å². The predicted molar refractivity (Wildman–Crippen MR) is 58.4 cm³/mol. The molecule has 0 aromatic carbocycles. The maximum absolute atomic E-state index is 11.6. The van der Waals surface area contributed by atoms with Gasteiger partial charge in [-0.15, -0.1) is 0 Å². The highest BCUT2D eigenvalue weighted by Gasteiger charge is 2.21. The molecule has 1 heterocycles. The number of unbranched alkanes of at least 4 members (excludes halogenated alkanes) is 3. The van der Waals surface area contributed by atoms with E-state index in [1.54, 1.807) is 0 Å². The van der Waals surface area contributed by atoms with Gasteiger partial charge in [0.05, 0.1) is 0 Å². The molecule has 0 atom stereocenters. The molecule has 0 radical (unpaired) electrons. The topological polar surface area (TPSA) is 23.6 Å². The van der Waals surface area contributed by atoms with Gasteiger partial charge in [-0.05, 0) is 12.8 Å². The quantitative estimate of drug-likeness (QED) is 0.622. The fourth-order valence-electron chi connectivity index (χ4n) is 1.87. The molecule has 0 unspecified atom stereocenters. The lowest BCUT2D eigenvalue weighted by molar-refractivity contribution is 0.140. The lowest BCUT2D eigenvalue weighted by Crippen LogP contribution is -2.47. The zero-order valence-corrected chi connectivity index (χ0v) is 9.46. The maximum Gasteiger partial charge on any atom is 0.319 e. The number of urea groups is 1. The van der Waals surface area contributed by atoms with Crippen molar-refractivity contribution in [2.75, 3.05) is 26.7 Å². The van der Waals surface area contributed by atoms with Crippen LogP contribution in [0, 0.1) is 0 Å². The number of hydrogen-bond acceptors (Lipinski definition) is 1. The van der Waals surface area contributed by atoms with Crippen LogP contribution >= 0.6 is 0 Å². The Kier molecular flexibility index (Phi) is 4.77. The minimum Gasteiger partial charge on any atom is -0.328 e. The van der Waals surface area contributed by atoms with E-state index in [4.69, 9.17) is 0 Å². The second-order valence-corrected chi connectivity index (χ2v) is 4.11. The summed E-state index contributed by atoms with van der Waals surface area (Å²) in [5.74, 6) is 0. The third kappa shape index (κ3) is 3.20. The first-order valence-corrected chi connectivity index (χ1v) is 5.75. The Morgan fingerprint density at radius 3 is 2.71 bits per heavy atom. The van der Waals surface area contributed by atoms with Crippen LogP contribution in [0.2, 0.25) is 0 Å². The Labute approximate surface area is 87.1 Å². The smallest absolute Gasteiger partial charge is 0.319 e. The van der Waals surface area contributed by atoms with Crippen molar-refractivity contribution in [2.45, 2.75) is 39.0 Å². The first-order valence-electron chi connectivity index (χ1n) is 5.75. The molecular formula is C11H22N2O. The molecule has 0 aromatic rings. The number of carbonyl (C=O) groups excluding carboxylic acids is 1. The van der Waals surface area contributed by atoms with Gasteiger partial charge in [0.2, 0.25) is 0 Å². The average Bonchev–Trinajstić information content (AvgIpc) is 2.19. The summed E-state index contributed by atoms with van der Waals surface area (Å²) in [5, 5.41) is 0. The molecule has 1 aliphatic heterocycles. The van der Waals surface area contributed by atoms with Crippen molar-refractivity contribution in [1.82, 2.24) is 9.80 Å². The largest absolute Gasteiger partial charge is 0.328 e. The van der Waals surface area contributed by atoms with Gasteiger partial charge in [0.1, 0.15) is 0 Å². The lowest BCUT2D eigenvalue weighted by Gasteiger charge is -2.33. The minimum absolute atomic E-state index is 0.216. The first-order chi connectivity index (χ1) is 6.75. The number of nitrogens with zero attached hydrogens (tertiary/aromatic N) is 2. The highest BCUT2D eigenvalue weighted by atomic mass is 16.2. The van der Waals surface area contributed by atoms with E-state index in [0.717, 1.165) is 32.5 Å².